The van der Waals surface area contributed by atoms with E-state index in [0.29, 0.717) is 6.61 Å². The average Bonchev–Trinajstić information content (AvgIpc) is 3.98. The summed E-state index contributed by atoms with van der Waals surface area (Å²) in [6.07, 6.45) is 4.83. The summed E-state index contributed by atoms with van der Waals surface area (Å²) >= 11 is 0. The maximum atomic E-state index is 5.87. The number of nitrogens with one attached hydrogen (secondary N) is 2. The topological polar surface area (TPSA) is 69.8 Å². The number of hydrogen-bond donors (Lipinski definition) is 2. The van der Waals surface area contributed by atoms with E-state index in [1.165, 1.54) is 83.4 Å². The van der Waals surface area contributed by atoms with Crippen molar-refractivity contribution in [2.45, 2.75) is 94.4 Å². The zero-order chi connectivity index (χ0) is 45.5. The molecule has 6 aromatic rings. The van der Waals surface area contributed by atoms with Crippen LogP contribution in [0.15, 0.2) is 109 Å². The Morgan fingerprint density at radius 2 is 0.985 bits per heavy atom. The largest absolute Gasteiger partial charge is 0.492 e. The van der Waals surface area contributed by atoms with Gasteiger partial charge in [0.15, 0.2) is 0 Å². The normalized spacial score (nSPS) is 12.8. The maximum absolute atomic E-state index is 5.87. The first-order valence-corrected chi connectivity index (χ1v) is 23.4. The number of rotatable bonds is 12. The molecule has 8 bridgehead atoms. The summed E-state index contributed by atoms with van der Waals surface area (Å²) < 4.78 is 5.87. The van der Waals surface area contributed by atoms with E-state index in [0.717, 1.165) is 78.2 Å². The van der Waals surface area contributed by atoms with Crippen molar-refractivity contribution < 1.29 is 4.74 Å². The molecule has 65 heavy (non-hydrogen) atoms. The summed E-state index contributed by atoms with van der Waals surface area (Å²) in [6, 6.07) is 38.8. The Morgan fingerprint density at radius 3 is 1.46 bits per heavy atom. The minimum Gasteiger partial charge on any atom is -0.492 e. The van der Waals surface area contributed by atoms with Crippen LogP contribution in [0, 0.1) is 13.8 Å². The molecule has 0 atom stereocenters. The number of aromatic amines is 2. The smallest absolute Gasteiger partial charge is 0.119 e. The molecule has 8 rings (SSSR count). The predicted octanol–water partition coefficient (Wildman–Crippen LogP) is 14.4. The molecule has 0 amide bonds. The van der Waals surface area contributed by atoms with Crippen molar-refractivity contribution in [2.24, 2.45) is 0 Å². The number of nitrogens with zero attached hydrogens (tertiary/aromatic N) is 3. The third-order valence-electron chi connectivity index (χ3n) is 13.0. The van der Waals surface area contributed by atoms with Crippen LogP contribution in [0.3, 0.4) is 0 Å². The van der Waals surface area contributed by atoms with Crippen molar-refractivity contribution in [3.05, 3.63) is 171 Å². The molecule has 0 saturated heterocycles. The van der Waals surface area contributed by atoms with Gasteiger partial charge in [-0.15, -0.1) is 0 Å². The summed E-state index contributed by atoms with van der Waals surface area (Å²) in [4.78, 5) is 19.9. The zero-order valence-corrected chi connectivity index (χ0v) is 43.4. The Morgan fingerprint density at radius 1 is 0.523 bits per heavy atom. The van der Waals surface area contributed by atoms with Crippen LogP contribution < -0.4 is 4.74 Å². The first-order valence-electron chi connectivity index (χ1n) is 23.4. The Bertz CT molecular complexity index is 2880. The molecule has 0 spiro atoms. The molecule has 0 fully saturated rings. The average molecular weight is 969 g/mol. The number of fused-ring (bicyclic) bond motifs is 8. The molecule has 0 saturated carbocycles. The van der Waals surface area contributed by atoms with Gasteiger partial charge < -0.3 is 19.6 Å². The zero-order valence-electron chi connectivity index (χ0n) is 40.6. The third-order valence-corrected chi connectivity index (χ3v) is 13.0. The van der Waals surface area contributed by atoms with E-state index in [1.807, 2.05) is 0 Å². The number of ether oxygens (including phenoxy) is 1. The van der Waals surface area contributed by atoms with E-state index in [4.69, 9.17) is 14.7 Å². The van der Waals surface area contributed by atoms with Gasteiger partial charge in [0, 0.05) is 52.5 Å². The molecule has 2 aliphatic rings. The predicted molar refractivity (Wildman–Crippen MR) is 280 cm³/mol. The number of aryl methyl sites for hydroxylation is 4. The Labute approximate surface area is 405 Å². The monoisotopic (exact) mass is 969 g/mol. The third kappa shape index (κ3) is 10.7. The Balaban J connectivity index is 0.000000219. The molecular formula is C58H67N5OSn. The van der Waals surface area contributed by atoms with Crippen molar-refractivity contribution in [1.82, 2.24) is 24.8 Å². The van der Waals surface area contributed by atoms with E-state index >= 15 is 0 Å². The van der Waals surface area contributed by atoms with Crippen LogP contribution in [-0.2, 0) is 12.8 Å². The fraction of sp³-hybridized carbons (Fsp3) is 0.310. The van der Waals surface area contributed by atoms with Gasteiger partial charge in [0.1, 0.15) is 12.4 Å². The quantitative estimate of drug-likeness (QED) is 0.0947. The van der Waals surface area contributed by atoms with Crippen LogP contribution in [0.4, 0.5) is 0 Å². The second-order valence-corrected chi connectivity index (χ2v) is 17.2. The molecule has 3 aromatic heterocycles. The Hall–Kier alpha value is -5.44. The van der Waals surface area contributed by atoms with Crippen LogP contribution in [0.5, 0.6) is 5.75 Å². The van der Waals surface area contributed by atoms with E-state index in [1.54, 1.807) is 0 Å². The Kier molecular flexibility index (Phi) is 16.7. The maximum Gasteiger partial charge on any atom is 0.119 e. The molecule has 3 aromatic carbocycles. The molecule has 5 heterocycles. The van der Waals surface area contributed by atoms with Gasteiger partial charge in [-0.3, -0.25) is 0 Å². The van der Waals surface area contributed by atoms with Gasteiger partial charge in [0.05, 0.1) is 22.8 Å². The summed E-state index contributed by atoms with van der Waals surface area (Å²) in [5.74, 6) is 0.913. The molecule has 6 nitrogen and oxygen atoms in total. The minimum atomic E-state index is 0. The number of likely N-dealkylation sites (N-methyl/N-ethyl adjacent to an activating group) is 1. The van der Waals surface area contributed by atoms with E-state index in [9.17, 15) is 0 Å². The van der Waals surface area contributed by atoms with Crippen LogP contribution in [-0.4, -0.2) is 76.0 Å². The molecule has 0 unspecified atom stereocenters. The van der Waals surface area contributed by atoms with Crippen LogP contribution >= 0.6 is 0 Å². The molecule has 4 radical (unpaired) electrons. The second kappa shape index (κ2) is 22.2. The number of benzene rings is 3. The van der Waals surface area contributed by atoms with Gasteiger partial charge in [0.25, 0.3) is 0 Å². The number of hydrogen-bond acceptors (Lipinski definition) is 4. The summed E-state index contributed by atoms with van der Waals surface area (Å²) in [5, 5.41) is 0. The number of allylic oxidation sites excluding steroid dienone is 5. The van der Waals surface area contributed by atoms with Gasteiger partial charge in [-0.05, 0) is 183 Å². The molecule has 2 N–H and O–H groups in total. The van der Waals surface area contributed by atoms with Crippen molar-refractivity contribution in [1.29, 1.82) is 0 Å². The molecule has 0 aliphatic carbocycles. The number of aromatic nitrogens is 4. The van der Waals surface area contributed by atoms with E-state index < -0.39 is 0 Å². The SMILES string of the molecule is CC/C(=C(\c1ccccc1)c1ccc(OCCN(C)C)cc1)c1ccccc1.CCC1=C(C)c2cc3[nH]c(cc4[nH]c(cc5nc(cc1n2)C(C)=C5CC)c(C)c4CC)c(CC)c3C.[Sn]. The summed E-state index contributed by atoms with van der Waals surface area (Å²) in [6.45, 7) is 21.6. The second-order valence-electron chi connectivity index (χ2n) is 17.2. The van der Waals surface area contributed by atoms with Gasteiger partial charge in [-0.2, -0.15) is 0 Å². The summed E-state index contributed by atoms with van der Waals surface area (Å²) in [7, 11) is 4.11. The van der Waals surface area contributed by atoms with Crippen molar-refractivity contribution in [2.75, 3.05) is 27.2 Å². The first-order chi connectivity index (χ1) is 31.0. The van der Waals surface area contributed by atoms with Gasteiger partial charge in [0.2, 0.25) is 0 Å². The molecular weight excluding hydrogens is 901 g/mol. The van der Waals surface area contributed by atoms with Gasteiger partial charge >= 0.3 is 0 Å². The molecule has 334 valence electrons. The fourth-order valence-electron chi connectivity index (χ4n) is 9.37. The van der Waals surface area contributed by atoms with Crippen molar-refractivity contribution in [3.63, 3.8) is 0 Å². The van der Waals surface area contributed by atoms with Gasteiger partial charge in [-0.25, -0.2) is 9.97 Å². The van der Waals surface area contributed by atoms with Crippen molar-refractivity contribution in [3.8, 4) is 5.75 Å². The molecule has 7 heteroatoms. The van der Waals surface area contributed by atoms with E-state index in [-0.39, 0.29) is 23.9 Å². The van der Waals surface area contributed by atoms with Gasteiger partial charge in [-0.1, -0.05) is 107 Å². The number of H-pyrrole nitrogens is 2. The van der Waals surface area contributed by atoms with E-state index in [2.05, 4.69) is 200 Å². The van der Waals surface area contributed by atoms with Crippen molar-refractivity contribution >= 4 is 79.4 Å². The first kappa shape index (κ1) is 49.0. The van der Waals surface area contributed by atoms with Crippen LogP contribution in [0.1, 0.15) is 129 Å². The molecule has 2 aliphatic heterocycles. The van der Waals surface area contributed by atoms with Crippen LogP contribution in [0.2, 0.25) is 0 Å². The standard InChI is InChI=1S/C32H38N4.C26H29NO.Sn/c1-9-21-17(5)25-13-26-18(6)23(11-3)31(34-26)16-32-24(12-4)20(8)28(36-32)15-30-22(10-2)19(7)27(35-30)14-29(21)33-25;1-4-25(21-11-7-5-8-12-21)26(22-13-9-6-10-14-22)23-15-17-24(18-16-23)28-20-19-27(2)3;/h13-16,34,36H,9-12H2,1-8H3;5-18H,4,19-20H2,1-3H3;/b;26-25-;. The fourth-order valence-corrected chi connectivity index (χ4v) is 9.37. The minimum absolute atomic E-state index is 0. The summed E-state index contributed by atoms with van der Waals surface area (Å²) in [5.41, 5.74) is 25.7. The van der Waals surface area contributed by atoms with Crippen LogP contribution in [0.25, 0.3) is 55.5 Å².